The summed E-state index contributed by atoms with van der Waals surface area (Å²) in [4.78, 5) is 23.5. The third-order valence-electron chi connectivity index (χ3n) is 3.87. The predicted molar refractivity (Wildman–Crippen MR) is 84.5 cm³/mol. The lowest BCUT2D eigenvalue weighted by atomic mass is 10.1. The smallest absolute Gasteiger partial charge is 0.251 e. The highest BCUT2D eigenvalue weighted by Gasteiger charge is 2.19. The van der Waals surface area contributed by atoms with Crippen LogP contribution in [0.2, 0.25) is 0 Å². The molecule has 0 fully saturated rings. The van der Waals surface area contributed by atoms with Crippen molar-refractivity contribution in [3.8, 4) is 0 Å². The number of fused-ring (bicyclic) bond motifs is 1. The molecule has 1 aliphatic heterocycles. The van der Waals surface area contributed by atoms with Crippen LogP contribution in [-0.2, 0) is 11.2 Å². The standard InChI is InChI=1S/C17H24N2O2/c1-3-4-5-6-7-12(2)18-17(21)14-9-8-13-11-16(20)19-15(13)10-14/h8-10,12H,3-7,11H2,1-2H3,(H,18,21)(H,19,20). The van der Waals surface area contributed by atoms with Gasteiger partial charge in [-0.3, -0.25) is 9.59 Å². The molecule has 2 amide bonds. The van der Waals surface area contributed by atoms with E-state index in [0.29, 0.717) is 12.0 Å². The fourth-order valence-corrected chi connectivity index (χ4v) is 2.61. The Hall–Kier alpha value is -1.84. The Bertz CT molecular complexity index is 526. The van der Waals surface area contributed by atoms with Crippen LogP contribution in [-0.4, -0.2) is 17.9 Å². The highest BCUT2D eigenvalue weighted by atomic mass is 16.2. The zero-order valence-corrected chi connectivity index (χ0v) is 12.9. The van der Waals surface area contributed by atoms with Gasteiger partial charge in [0.1, 0.15) is 0 Å². The van der Waals surface area contributed by atoms with Crippen LogP contribution in [0.1, 0.15) is 61.9 Å². The summed E-state index contributed by atoms with van der Waals surface area (Å²) in [5.74, 6) is -0.0752. The van der Waals surface area contributed by atoms with Crippen LogP contribution < -0.4 is 10.6 Å². The van der Waals surface area contributed by atoms with Gasteiger partial charge in [0.05, 0.1) is 6.42 Å². The summed E-state index contributed by atoms with van der Waals surface area (Å²) in [7, 11) is 0. The maximum absolute atomic E-state index is 12.2. The number of rotatable bonds is 7. The molecule has 1 aromatic rings. The number of hydrogen-bond donors (Lipinski definition) is 2. The van der Waals surface area contributed by atoms with Gasteiger partial charge in [0, 0.05) is 17.3 Å². The van der Waals surface area contributed by atoms with E-state index in [0.717, 1.165) is 24.1 Å². The summed E-state index contributed by atoms with van der Waals surface area (Å²) in [5.41, 5.74) is 2.34. The molecule has 1 unspecified atom stereocenters. The molecule has 2 rings (SSSR count). The number of amides is 2. The van der Waals surface area contributed by atoms with E-state index in [4.69, 9.17) is 0 Å². The highest BCUT2D eigenvalue weighted by Crippen LogP contribution is 2.24. The van der Waals surface area contributed by atoms with Crippen LogP contribution >= 0.6 is 0 Å². The van der Waals surface area contributed by atoms with Crippen molar-refractivity contribution in [2.75, 3.05) is 5.32 Å². The van der Waals surface area contributed by atoms with Gasteiger partial charge in [-0.1, -0.05) is 38.7 Å². The number of benzene rings is 1. The van der Waals surface area contributed by atoms with E-state index in [1.54, 1.807) is 12.1 Å². The lowest BCUT2D eigenvalue weighted by Crippen LogP contribution is -2.32. The molecule has 2 N–H and O–H groups in total. The Morgan fingerprint density at radius 2 is 2.14 bits per heavy atom. The van der Waals surface area contributed by atoms with E-state index < -0.39 is 0 Å². The SMILES string of the molecule is CCCCCCC(C)NC(=O)c1ccc2c(c1)NC(=O)C2. The second-order valence-electron chi connectivity index (χ2n) is 5.82. The van der Waals surface area contributed by atoms with E-state index in [1.165, 1.54) is 19.3 Å². The van der Waals surface area contributed by atoms with Gasteiger partial charge in [0.15, 0.2) is 0 Å². The Balaban J connectivity index is 1.86. The Labute approximate surface area is 126 Å². The van der Waals surface area contributed by atoms with Crippen molar-refractivity contribution in [3.63, 3.8) is 0 Å². The molecule has 0 saturated heterocycles. The molecule has 0 spiro atoms. The lowest BCUT2D eigenvalue weighted by molar-refractivity contribution is -0.115. The molecule has 0 bridgehead atoms. The zero-order valence-electron chi connectivity index (χ0n) is 12.9. The van der Waals surface area contributed by atoms with E-state index in [9.17, 15) is 9.59 Å². The molecular weight excluding hydrogens is 264 g/mol. The average molecular weight is 288 g/mol. The van der Waals surface area contributed by atoms with Crippen molar-refractivity contribution in [1.29, 1.82) is 0 Å². The Kier molecular flexibility index (Phi) is 5.37. The fourth-order valence-electron chi connectivity index (χ4n) is 2.61. The van der Waals surface area contributed by atoms with Crippen LogP contribution in [0.5, 0.6) is 0 Å². The molecule has 1 heterocycles. The van der Waals surface area contributed by atoms with Crippen molar-refractivity contribution in [1.82, 2.24) is 5.32 Å². The normalized spacial score (nSPS) is 14.5. The zero-order chi connectivity index (χ0) is 15.2. The largest absolute Gasteiger partial charge is 0.350 e. The number of nitrogens with one attached hydrogen (secondary N) is 2. The summed E-state index contributed by atoms with van der Waals surface area (Å²) in [6.07, 6.45) is 6.27. The summed E-state index contributed by atoms with van der Waals surface area (Å²) >= 11 is 0. The van der Waals surface area contributed by atoms with Crippen molar-refractivity contribution in [2.45, 2.75) is 58.4 Å². The van der Waals surface area contributed by atoms with Crippen molar-refractivity contribution < 1.29 is 9.59 Å². The van der Waals surface area contributed by atoms with Gasteiger partial charge < -0.3 is 10.6 Å². The number of hydrogen-bond acceptors (Lipinski definition) is 2. The van der Waals surface area contributed by atoms with Gasteiger partial charge in [0.2, 0.25) is 5.91 Å². The Morgan fingerprint density at radius 1 is 1.33 bits per heavy atom. The summed E-state index contributed by atoms with van der Waals surface area (Å²) in [6, 6.07) is 5.59. The average Bonchev–Trinajstić information content (AvgIpc) is 2.82. The van der Waals surface area contributed by atoms with E-state index in [-0.39, 0.29) is 17.9 Å². The van der Waals surface area contributed by atoms with Crippen molar-refractivity contribution in [3.05, 3.63) is 29.3 Å². The third-order valence-corrected chi connectivity index (χ3v) is 3.87. The maximum atomic E-state index is 12.2. The minimum atomic E-state index is -0.0676. The van der Waals surface area contributed by atoms with E-state index in [1.807, 2.05) is 13.0 Å². The molecule has 4 nitrogen and oxygen atoms in total. The monoisotopic (exact) mass is 288 g/mol. The van der Waals surface area contributed by atoms with Gasteiger partial charge >= 0.3 is 0 Å². The van der Waals surface area contributed by atoms with Gasteiger partial charge in [-0.2, -0.15) is 0 Å². The molecule has 1 atom stereocenters. The molecule has 4 heteroatoms. The van der Waals surface area contributed by atoms with Crippen LogP contribution in [0.4, 0.5) is 5.69 Å². The molecule has 1 aliphatic rings. The number of unbranched alkanes of at least 4 members (excludes halogenated alkanes) is 3. The first kappa shape index (κ1) is 15.5. The molecule has 0 aliphatic carbocycles. The minimum Gasteiger partial charge on any atom is -0.350 e. The molecule has 0 radical (unpaired) electrons. The van der Waals surface area contributed by atoms with Crippen LogP contribution in [0.3, 0.4) is 0 Å². The van der Waals surface area contributed by atoms with Crippen molar-refractivity contribution in [2.24, 2.45) is 0 Å². The number of carbonyl (C=O) groups is 2. The molecule has 114 valence electrons. The van der Waals surface area contributed by atoms with Crippen molar-refractivity contribution >= 4 is 17.5 Å². The second kappa shape index (κ2) is 7.25. The third kappa shape index (κ3) is 4.31. The first-order valence-corrected chi connectivity index (χ1v) is 7.83. The molecular formula is C17H24N2O2. The highest BCUT2D eigenvalue weighted by molar-refractivity contribution is 6.02. The van der Waals surface area contributed by atoms with Gasteiger partial charge in [-0.05, 0) is 31.0 Å². The van der Waals surface area contributed by atoms with Crippen LogP contribution in [0.25, 0.3) is 0 Å². The topological polar surface area (TPSA) is 58.2 Å². The minimum absolute atomic E-state index is 0.00755. The van der Waals surface area contributed by atoms with E-state index in [2.05, 4.69) is 17.6 Å². The van der Waals surface area contributed by atoms with Gasteiger partial charge in [-0.25, -0.2) is 0 Å². The predicted octanol–water partition coefficient (Wildman–Crippen LogP) is 3.27. The number of anilines is 1. The van der Waals surface area contributed by atoms with E-state index >= 15 is 0 Å². The summed E-state index contributed by atoms with van der Waals surface area (Å²) in [6.45, 7) is 4.23. The maximum Gasteiger partial charge on any atom is 0.251 e. The fraction of sp³-hybridized carbons (Fsp3) is 0.529. The first-order chi connectivity index (χ1) is 10.1. The molecule has 0 saturated carbocycles. The second-order valence-corrected chi connectivity index (χ2v) is 5.82. The molecule has 1 aromatic carbocycles. The first-order valence-electron chi connectivity index (χ1n) is 7.83. The van der Waals surface area contributed by atoms with Crippen LogP contribution in [0, 0.1) is 0 Å². The van der Waals surface area contributed by atoms with Crippen LogP contribution in [0.15, 0.2) is 18.2 Å². The van der Waals surface area contributed by atoms with Gasteiger partial charge in [-0.15, -0.1) is 0 Å². The quantitative estimate of drug-likeness (QED) is 0.757. The van der Waals surface area contributed by atoms with Gasteiger partial charge in [0.25, 0.3) is 5.91 Å². The summed E-state index contributed by atoms with van der Waals surface area (Å²) in [5, 5.41) is 5.80. The Morgan fingerprint density at radius 3 is 2.90 bits per heavy atom. The lowest BCUT2D eigenvalue weighted by Gasteiger charge is -2.14. The molecule has 21 heavy (non-hydrogen) atoms. The summed E-state index contributed by atoms with van der Waals surface area (Å²) < 4.78 is 0. The molecule has 0 aromatic heterocycles. The number of carbonyl (C=O) groups excluding carboxylic acids is 2.